The molecule has 1 heterocycles. The van der Waals surface area contributed by atoms with Gasteiger partial charge in [-0.3, -0.25) is 4.79 Å². The van der Waals surface area contributed by atoms with E-state index < -0.39 is 0 Å². The molecule has 0 atom stereocenters. The zero-order valence-electron chi connectivity index (χ0n) is 13.9. The average molecular weight is 360 g/mol. The van der Waals surface area contributed by atoms with Crippen LogP contribution in [0.25, 0.3) is 16.5 Å². The van der Waals surface area contributed by atoms with Crippen LogP contribution in [0.15, 0.2) is 72.8 Å². The molecule has 5 heteroatoms. The van der Waals surface area contributed by atoms with E-state index >= 15 is 0 Å². The highest BCUT2D eigenvalue weighted by molar-refractivity contribution is 7.16. The van der Waals surface area contributed by atoms with E-state index in [0.29, 0.717) is 11.4 Å². The van der Waals surface area contributed by atoms with Crippen molar-refractivity contribution in [2.24, 2.45) is 0 Å². The van der Waals surface area contributed by atoms with Crippen LogP contribution in [-0.2, 0) is 4.79 Å². The van der Waals surface area contributed by atoms with E-state index in [4.69, 9.17) is 10.00 Å². The standard InChI is InChI=1S/C21H16N2O2S/c22-14-15-25-18-8-6-17(7-9-18)23-21(24)13-11-19-10-12-20(26-19)16-4-2-1-3-5-16/h1-13H,15H2,(H,23,24)/b13-11+. The molecule has 1 amide bonds. The summed E-state index contributed by atoms with van der Waals surface area (Å²) in [7, 11) is 0. The second-order valence-electron chi connectivity index (χ2n) is 5.36. The molecular weight excluding hydrogens is 344 g/mol. The molecule has 0 bridgehead atoms. The van der Waals surface area contributed by atoms with Crippen molar-refractivity contribution >= 4 is 29.0 Å². The second kappa shape index (κ2) is 8.65. The molecule has 3 rings (SSSR count). The molecule has 2 aromatic carbocycles. The van der Waals surface area contributed by atoms with Gasteiger partial charge in [0.2, 0.25) is 5.91 Å². The van der Waals surface area contributed by atoms with Crippen molar-refractivity contribution in [2.45, 2.75) is 0 Å². The lowest BCUT2D eigenvalue weighted by Crippen LogP contribution is -2.07. The fourth-order valence-corrected chi connectivity index (χ4v) is 3.21. The summed E-state index contributed by atoms with van der Waals surface area (Å²) in [6, 6.07) is 23.0. The van der Waals surface area contributed by atoms with E-state index in [9.17, 15) is 4.79 Å². The van der Waals surface area contributed by atoms with Crippen LogP contribution in [0, 0.1) is 11.3 Å². The Morgan fingerprint density at radius 1 is 1.08 bits per heavy atom. The first-order valence-corrected chi connectivity index (χ1v) is 8.80. The number of carbonyl (C=O) groups is 1. The van der Waals surface area contributed by atoms with Crippen LogP contribution in [0.1, 0.15) is 4.88 Å². The third kappa shape index (κ3) is 4.82. The van der Waals surface area contributed by atoms with E-state index in [1.54, 1.807) is 41.7 Å². The lowest BCUT2D eigenvalue weighted by atomic mass is 10.2. The monoisotopic (exact) mass is 360 g/mol. The number of nitrogens with zero attached hydrogens (tertiary/aromatic N) is 1. The van der Waals surface area contributed by atoms with Crippen molar-refractivity contribution in [3.8, 4) is 22.3 Å². The van der Waals surface area contributed by atoms with Crippen LogP contribution < -0.4 is 10.1 Å². The Labute approximate surface area is 156 Å². The first kappa shape index (κ1) is 17.5. The quantitative estimate of drug-likeness (QED) is 0.631. The molecule has 128 valence electrons. The molecule has 0 unspecified atom stereocenters. The number of amides is 1. The Hall–Kier alpha value is -3.36. The summed E-state index contributed by atoms with van der Waals surface area (Å²) in [6.07, 6.45) is 3.32. The normalized spacial score (nSPS) is 10.4. The summed E-state index contributed by atoms with van der Waals surface area (Å²) in [5.74, 6) is 0.387. The molecule has 1 N–H and O–H groups in total. The highest BCUT2D eigenvalue weighted by Crippen LogP contribution is 2.28. The average Bonchev–Trinajstić information content (AvgIpc) is 3.16. The Balaban J connectivity index is 1.58. The minimum Gasteiger partial charge on any atom is -0.479 e. The Morgan fingerprint density at radius 3 is 2.58 bits per heavy atom. The maximum absolute atomic E-state index is 12.1. The van der Waals surface area contributed by atoms with Gasteiger partial charge in [0.05, 0.1) is 0 Å². The van der Waals surface area contributed by atoms with Gasteiger partial charge in [0.25, 0.3) is 0 Å². The summed E-state index contributed by atoms with van der Waals surface area (Å²) in [5.41, 5.74) is 1.83. The zero-order chi connectivity index (χ0) is 18.2. The summed E-state index contributed by atoms with van der Waals surface area (Å²) < 4.78 is 5.17. The number of carbonyl (C=O) groups excluding carboxylic acids is 1. The number of hydrogen-bond donors (Lipinski definition) is 1. The summed E-state index contributed by atoms with van der Waals surface area (Å²) in [6.45, 7) is 0.000225. The molecule has 0 aliphatic carbocycles. The van der Waals surface area contributed by atoms with Crippen LogP contribution in [-0.4, -0.2) is 12.5 Å². The van der Waals surface area contributed by atoms with Crippen LogP contribution in [0.3, 0.4) is 0 Å². The number of anilines is 1. The molecule has 26 heavy (non-hydrogen) atoms. The molecule has 0 saturated heterocycles. The molecule has 4 nitrogen and oxygen atoms in total. The van der Waals surface area contributed by atoms with E-state index in [1.807, 2.05) is 30.3 Å². The SMILES string of the molecule is N#CCOc1ccc(NC(=O)/C=C/c2ccc(-c3ccccc3)s2)cc1. The highest BCUT2D eigenvalue weighted by Gasteiger charge is 2.02. The molecule has 0 fully saturated rings. The van der Waals surface area contributed by atoms with Gasteiger partial charge in [-0.1, -0.05) is 30.3 Å². The third-order valence-corrected chi connectivity index (χ3v) is 4.61. The van der Waals surface area contributed by atoms with Gasteiger partial charge in [-0.05, 0) is 48.0 Å². The van der Waals surface area contributed by atoms with E-state index in [2.05, 4.69) is 23.5 Å². The first-order valence-electron chi connectivity index (χ1n) is 7.99. The molecule has 1 aromatic heterocycles. The number of thiophene rings is 1. The molecule has 0 aliphatic heterocycles. The Bertz CT molecular complexity index is 938. The molecule has 0 aliphatic rings. The second-order valence-corrected chi connectivity index (χ2v) is 6.48. The van der Waals surface area contributed by atoms with Gasteiger partial charge in [-0.25, -0.2) is 0 Å². The summed E-state index contributed by atoms with van der Waals surface area (Å²) in [5, 5.41) is 11.3. The van der Waals surface area contributed by atoms with Gasteiger partial charge in [0, 0.05) is 21.5 Å². The lowest BCUT2D eigenvalue weighted by Gasteiger charge is -2.04. The smallest absolute Gasteiger partial charge is 0.248 e. The van der Waals surface area contributed by atoms with Crippen LogP contribution >= 0.6 is 11.3 Å². The van der Waals surface area contributed by atoms with Gasteiger partial charge in [-0.2, -0.15) is 5.26 Å². The zero-order valence-corrected chi connectivity index (χ0v) is 14.7. The fraction of sp³-hybridized carbons (Fsp3) is 0.0476. The Morgan fingerprint density at radius 2 is 1.85 bits per heavy atom. The van der Waals surface area contributed by atoms with Crippen molar-refractivity contribution < 1.29 is 9.53 Å². The predicted octanol–water partition coefficient (Wildman–Crippen LogP) is 4.97. The number of hydrogen-bond acceptors (Lipinski definition) is 4. The number of benzene rings is 2. The van der Waals surface area contributed by atoms with Crippen molar-refractivity contribution in [1.29, 1.82) is 5.26 Å². The topological polar surface area (TPSA) is 62.1 Å². The van der Waals surface area contributed by atoms with Crippen molar-refractivity contribution in [1.82, 2.24) is 0 Å². The maximum Gasteiger partial charge on any atom is 0.248 e. The molecule has 0 radical (unpaired) electrons. The summed E-state index contributed by atoms with van der Waals surface area (Å²) in [4.78, 5) is 14.2. The predicted molar refractivity (Wildman–Crippen MR) is 105 cm³/mol. The largest absolute Gasteiger partial charge is 0.479 e. The van der Waals surface area contributed by atoms with Crippen molar-refractivity contribution in [3.63, 3.8) is 0 Å². The minimum atomic E-state index is -0.203. The van der Waals surface area contributed by atoms with Crippen molar-refractivity contribution in [3.05, 3.63) is 77.7 Å². The van der Waals surface area contributed by atoms with E-state index in [0.717, 1.165) is 4.88 Å². The first-order chi connectivity index (χ1) is 12.7. The summed E-state index contributed by atoms with van der Waals surface area (Å²) >= 11 is 1.63. The van der Waals surface area contributed by atoms with Crippen LogP contribution in [0.2, 0.25) is 0 Å². The fourth-order valence-electron chi connectivity index (χ4n) is 2.29. The minimum absolute atomic E-state index is 0.000225. The van der Waals surface area contributed by atoms with Crippen LogP contribution in [0.4, 0.5) is 5.69 Å². The highest BCUT2D eigenvalue weighted by atomic mass is 32.1. The number of nitriles is 1. The van der Waals surface area contributed by atoms with Gasteiger partial charge in [0.1, 0.15) is 11.8 Å². The van der Waals surface area contributed by atoms with Gasteiger partial charge >= 0.3 is 0 Å². The lowest BCUT2D eigenvalue weighted by molar-refractivity contribution is -0.111. The maximum atomic E-state index is 12.1. The molecular formula is C21H16N2O2S. The molecule has 0 spiro atoms. The van der Waals surface area contributed by atoms with Gasteiger partial charge < -0.3 is 10.1 Å². The Kier molecular flexibility index (Phi) is 5.81. The van der Waals surface area contributed by atoms with E-state index in [-0.39, 0.29) is 12.5 Å². The number of rotatable bonds is 6. The van der Waals surface area contributed by atoms with Gasteiger partial charge in [0.15, 0.2) is 6.61 Å². The number of ether oxygens (including phenoxy) is 1. The molecule has 0 saturated carbocycles. The van der Waals surface area contributed by atoms with Crippen molar-refractivity contribution in [2.75, 3.05) is 11.9 Å². The van der Waals surface area contributed by atoms with E-state index in [1.165, 1.54) is 16.5 Å². The third-order valence-electron chi connectivity index (χ3n) is 3.51. The molecule has 3 aromatic rings. The van der Waals surface area contributed by atoms with Crippen LogP contribution in [0.5, 0.6) is 5.75 Å². The number of nitrogens with one attached hydrogen (secondary N) is 1. The van der Waals surface area contributed by atoms with Gasteiger partial charge in [-0.15, -0.1) is 11.3 Å².